The van der Waals surface area contributed by atoms with Crippen LogP contribution in [0.3, 0.4) is 0 Å². The Morgan fingerprint density at radius 3 is 2.58 bits per heavy atom. The molecule has 3 rings (SSSR count). The van der Waals surface area contributed by atoms with Crippen LogP contribution in [0.4, 0.5) is 11.4 Å². The van der Waals surface area contributed by atoms with Gasteiger partial charge in [0.25, 0.3) is 5.91 Å². The summed E-state index contributed by atoms with van der Waals surface area (Å²) >= 11 is 6.35. The lowest BCUT2D eigenvalue weighted by atomic mass is 10.1. The predicted octanol–water partition coefficient (Wildman–Crippen LogP) is 4.72. The number of benzene rings is 1. The average molecular weight is 344 g/mol. The van der Waals surface area contributed by atoms with Gasteiger partial charge in [-0.25, -0.2) is 0 Å². The van der Waals surface area contributed by atoms with Gasteiger partial charge in [-0.1, -0.05) is 17.7 Å². The molecule has 126 valence electrons. The monoisotopic (exact) mass is 343 g/mol. The van der Waals surface area contributed by atoms with Crippen LogP contribution in [0.5, 0.6) is 0 Å². The first kappa shape index (κ1) is 16.8. The SMILES string of the molecule is Cc1cc(C)c(Nc2cncc(C(=O)N3CCCCC3)c2)c(Cl)c1. The maximum Gasteiger partial charge on any atom is 0.255 e. The standard InChI is InChI=1S/C19H22ClN3O/c1-13-8-14(2)18(17(20)9-13)22-16-10-15(11-21-12-16)19(24)23-6-4-3-5-7-23/h8-12,22H,3-7H2,1-2H3. The zero-order chi connectivity index (χ0) is 17.1. The third kappa shape index (κ3) is 3.70. The van der Waals surface area contributed by atoms with E-state index < -0.39 is 0 Å². The van der Waals surface area contributed by atoms with E-state index >= 15 is 0 Å². The highest BCUT2D eigenvalue weighted by Gasteiger charge is 2.18. The second kappa shape index (κ2) is 7.22. The number of amides is 1. The number of pyridine rings is 1. The summed E-state index contributed by atoms with van der Waals surface area (Å²) in [5.41, 5.74) is 4.42. The van der Waals surface area contributed by atoms with Crippen molar-refractivity contribution in [1.82, 2.24) is 9.88 Å². The summed E-state index contributed by atoms with van der Waals surface area (Å²) in [5.74, 6) is 0.0533. The molecular formula is C19H22ClN3O. The second-order valence-electron chi connectivity index (χ2n) is 6.38. The number of carbonyl (C=O) groups excluding carboxylic acids is 1. The number of anilines is 2. The fourth-order valence-electron chi connectivity index (χ4n) is 3.12. The Hall–Kier alpha value is -2.07. The van der Waals surface area contributed by atoms with E-state index in [9.17, 15) is 4.79 Å². The fraction of sp³-hybridized carbons (Fsp3) is 0.368. The zero-order valence-corrected chi connectivity index (χ0v) is 14.9. The number of rotatable bonds is 3. The van der Waals surface area contributed by atoms with Crippen molar-refractivity contribution < 1.29 is 4.79 Å². The minimum Gasteiger partial charge on any atom is -0.353 e. The summed E-state index contributed by atoms with van der Waals surface area (Å²) in [6.45, 7) is 5.69. The molecule has 0 atom stereocenters. The van der Waals surface area contributed by atoms with Gasteiger partial charge in [0.1, 0.15) is 0 Å². The average Bonchev–Trinajstić information content (AvgIpc) is 2.58. The van der Waals surface area contributed by atoms with Crippen molar-refractivity contribution in [2.75, 3.05) is 18.4 Å². The smallest absolute Gasteiger partial charge is 0.255 e. The summed E-state index contributed by atoms with van der Waals surface area (Å²) < 4.78 is 0. The predicted molar refractivity (Wildman–Crippen MR) is 98.2 cm³/mol. The number of likely N-dealkylation sites (tertiary alicyclic amines) is 1. The van der Waals surface area contributed by atoms with Crippen LogP contribution in [0, 0.1) is 13.8 Å². The van der Waals surface area contributed by atoms with Crippen molar-refractivity contribution in [3.8, 4) is 0 Å². The molecule has 24 heavy (non-hydrogen) atoms. The molecule has 1 fully saturated rings. The van der Waals surface area contributed by atoms with Gasteiger partial charge in [0.15, 0.2) is 0 Å². The van der Waals surface area contributed by atoms with Crippen LogP contribution in [0.2, 0.25) is 5.02 Å². The zero-order valence-electron chi connectivity index (χ0n) is 14.1. The second-order valence-corrected chi connectivity index (χ2v) is 6.79. The van der Waals surface area contributed by atoms with Crippen LogP contribution in [0.25, 0.3) is 0 Å². The van der Waals surface area contributed by atoms with E-state index in [-0.39, 0.29) is 5.91 Å². The molecule has 0 aliphatic carbocycles. The van der Waals surface area contributed by atoms with Crippen molar-refractivity contribution in [2.45, 2.75) is 33.1 Å². The molecule has 0 saturated carbocycles. The lowest BCUT2D eigenvalue weighted by Crippen LogP contribution is -2.35. The van der Waals surface area contributed by atoms with E-state index in [2.05, 4.69) is 16.4 Å². The number of nitrogens with zero attached hydrogens (tertiary/aromatic N) is 2. The van der Waals surface area contributed by atoms with Crippen molar-refractivity contribution in [1.29, 1.82) is 0 Å². The summed E-state index contributed by atoms with van der Waals surface area (Å²) in [6.07, 6.45) is 6.70. The van der Waals surface area contributed by atoms with Gasteiger partial charge in [0, 0.05) is 19.3 Å². The lowest BCUT2D eigenvalue weighted by Gasteiger charge is -2.26. The normalized spacial score (nSPS) is 14.5. The Kier molecular flexibility index (Phi) is 5.05. The summed E-state index contributed by atoms with van der Waals surface area (Å²) in [6, 6.07) is 5.84. The summed E-state index contributed by atoms with van der Waals surface area (Å²) in [5, 5.41) is 3.97. The Morgan fingerprint density at radius 2 is 1.88 bits per heavy atom. The van der Waals surface area contributed by atoms with Gasteiger partial charge >= 0.3 is 0 Å². The molecule has 0 unspecified atom stereocenters. The van der Waals surface area contributed by atoms with E-state index in [1.54, 1.807) is 12.4 Å². The number of piperidine rings is 1. The molecule has 1 amide bonds. The third-order valence-electron chi connectivity index (χ3n) is 4.33. The Bertz CT molecular complexity index is 731. The van der Waals surface area contributed by atoms with Gasteiger partial charge in [0.2, 0.25) is 0 Å². The minimum atomic E-state index is 0.0533. The molecule has 0 radical (unpaired) electrons. The Balaban J connectivity index is 1.82. The molecule has 0 spiro atoms. The molecule has 4 nitrogen and oxygen atoms in total. The highest BCUT2D eigenvalue weighted by atomic mass is 35.5. The van der Waals surface area contributed by atoms with Crippen molar-refractivity contribution in [3.63, 3.8) is 0 Å². The van der Waals surface area contributed by atoms with E-state index in [1.807, 2.05) is 30.9 Å². The molecule has 5 heteroatoms. The van der Waals surface area contributed by atoms with Gasteiger partial charge in [-0.05, 0) is 56.4 Å². The first-order chi connectivity index (χ1) is 11.5. The van der Waals surface area contributed by atoms with Gasteiger partial charge in [-0.2, -0.15) is 0 Å². The molecule has 1 saturated heterocycles. The molecule has 1 N–H and O–H groups in total. The Morgan fingerprint density at radius 1 is 1.12 bits per heavy atom. The number of carbonyl (C=O) groups is 1. The van der Waals surface area contributed by atoms with E-state index in [1.165, 1.54) is 6.42 Å². The quantitative estimate of drug-likeness (QED) is 0.876. The van der Waals surface area contributed by atoms with Crippen LogP contribution in [-0.4, -0.2) is 28.9 Å². The maximum absolute atomic E-state index is 12.6. The van der Waals surface area contributed by atoms with E-state index in [4.69, 9.17) is 11.6 Å². The molecule has 2 heterocycles. The number of halogens is 1. The maximum atomic E-state index is 12.6. The van der Waals surface area contributed by atoms with Gasteiger partial charge in [-0.3, -0.25) is 9.78 Å². The van der Waals surface area contributed by atoms with Crippen molar-refractivity contribution in [3.05, 3.63) is 52.3 Å². The molecule has 1 aromatic heterocycles. The Labute approximate surface area is 147 Å². The number of nitrogens with one attached hydrogen (secondary N) is 1. The molecule has 0 bridgehead atoms. The highest BCUT2D eigenvalue weighted by molar-refractivity contribution is 6.33. The van der Waals surface area contributed by atoms with Crippen LogP contribution < -0.4 is 5.32 Å². The van der Waals surface area contributed by atoms with Crippen LogP contribution in [0.1, 0.15) is 40.7 Å². The van der Waals surface area contributed by atoms with Crippen molar-refractivity contribution >= 4 is 28.9 Å². The first-order valence-corrected chi connectivity index (χ1v) is 8.70. The van der Waals surface area contributed by atoms with Crippen molar-refractivity contribution in [2.24, 2.45) is 0 Å². The molecule has 1 aliphatic heterocycles. The lowest BCUT2D eigenvalue weighted by molar-refractivity contribution is 0.0724. The van der Waals surface area contributed by atoms with E-state index in [0.717, 1.165) is 48.4 Å². The van der Waals surface area contributed by atoms with Gasteiger partial charge in [0.05, 0.1) is 28.2 Å². The van der Waals surface area contributed by atoms with Crippen LogP contribution in [0.15, 0.2) is 30.6 Å². The summed E-state index contributed by atoms with van der Waals surface area (Å²) in [4.78, 5) is 18.7. The molecule has 2 aromatic rings. The topological polar surface area (TPSA) is 45.2 Å². The van der Waals surface area contributed by atoms with E-state index in [0.29, 0.717) is 10.6 Å². The molecule has 1 aliphatic rings. The van der Waals surface area contributed by atoms with Gasteiger partial charge < -0.3 is 10.2 Å². The number of aryl methyl sites for hydroxylation is 2. The molecule has 1 aromatic carbocycles. The highest BCUT2D eigenvalue weighted by Crippen LogP contribution is 2.30. The number of hydrogen-bond acceptors (Lipinski definition) is 3. The minimum absolute atomic E-state index is 0.0533. The third-order valence-corrected chi connectivity index (χ3v) is 4.63. The number of aromatic nitrogens is 1. The van der Waals surface area contributed by atoms with Crippen LogP contribution in [-0.2, 0) is 0 Å². The largest absolute Gasteiger partial charge is 0.353 e. The van der Waals surface area contributed by atoms with Gasteiger partial charge in [-0.15, -0.1) is 0 Å². The molecular weight excluding hydrogens is 322 g/mol. The number of hydrogen-bond donors (Lipinski definition) is 1. The first-order valence-electron chi connectivity index (χ1n) is 8.32. The fourth-order valence-corrected chi connectivity index (χ4v) is 3.49. The summed E-state index contributed by atoms with van der Waals surface area (Å²) in [7, 11) is 0. The van der Waals surface area contributed by atoms with Crippen LogP contribution >= 0.6 is 11.6 Å².